The summed E-state index contributed by atoms with van der Waals surface area (Å²) in [5.41, 5.74) is -0.398. The summed E-state index contributed by atoms with van der Waals surface area (Å²) in [5, 5.41) is 15.4. The topological polar surface area (TPSA) is 88.4 Å². The minimum atomic E-state index is -0.398. The van der Waals surface area contributed by atoms with Crippen LogP contribution in [-0.2, 0) is 16.8 Å². The van der Waals surface area contributed by atoms with Gasteiger partial charge in [-0.05, 0) is 49.7 Å². The van der Waals surface area contributed by atoms with Crippen molar-refractivity contribution in [2.24, 2.45) is 5.92 Å². The van der Waals surface area contributed by atoms with E-state index in [4.69, 9.17) is 4.74 Å². The lowest BCUT2D eigenvalue weighted by Gasteiger charge is -2.45. The molecule has 0 radical (unpaired) electrons. The van der Waals surface area contributed by atoms with Crippen LogP contribution in [0.25, 0.3) is 0 Å². The lowest BCUT2D eigenvalue weighted by atomic mass is 9.86. The minimum absolute atomic E-state index is 0.00695. The molecular formula is C17H33N7O2. The standard InChI is InChI=1S/C17H33N7O2/c1-14(2)7-9-18-16(25)23-10-6-8-17(13-23,22(3)4)15-19-20-21-24(15)11-12-26-5/h14H,6-13H2,1-5H3,(H,18,25). The summed E-state index contributed by atoms with van der Waals surface area (Å²) in [5.74, 6) is 1.36. The van der Waals surface area contributed by atoms with Gasteiger partial charge in [-0.2, -0.15) is 0 Å². The molecule has 9 heteroatoms. The van der Waals surface area contributed by atoms with Gasteiger partial charge in [0.1, 0.15) is 5.54 Å². The molecule has 2 heterocycles. The van der Waals surface area contributed by atoms with Crippen LogP contribution < -0.4 is 5.32 Å². The number of likely N-dealkylation sites (tertiary alicyclic amines) is 1. The summed E-state index contributed by atoms with van der Waals surface area (Å²) < 4.78 is 6.96. The number of likely N-dealkylation sites (N-methyl/N-ethyl adjacent to an activating group) is 1. The number of aromatic nitrogens is 4. The molecule has 1 fully saturated rings. The Balaban J connectivity index is 2.15. The van der Waals surface area contributed by atoms with Crippen molar-refractivity contribution in [3.63, 3.8) is 0 Å². The van der Waals surface area contributed by atoms with Crippen LogP contribution in [0.4, 0.5) is 4.79 Å². The maximum atomic E-state index is 12.6. The molecule has 0 aliphatic carbocycles. The fourth-order valence-electron chi connectivity index (χ4n) is 3.40. The molecule has 26 heavy (non-hydrogen) atoms. The minimum Gasteiger partial charge on any atom is -0.383 e. The van der Waals surface area contributed by atoms with Crippen molar-refractivity contribution in [1.82, 2.24) is 35.3 Å². The highest BCUT2D eigenvalue weighted by atomic mass is 16.5. The molecule has 2 amide bonds. The molecule has 1 atom stereocenters. The fraction of sp³-hybridized carbons (Fsp3) is 0.882. The zero-order valence-corrected chi connectivity index (χ0v) is 16.7. The summed E-state index contributed by atoms with van der Waals surface area (Å²) in [6, 6.07) is -0.00695. The molecule has 1 aliphatic heterocycles. The second-order valence-corrected chi connectivity index (χ2v) is 7.58. The summed E-state index contributed by atoms with van der Waals surface area (Å²) in [6.07, 6.45) is 2.80. The third kappa shape index (κ3) is 4.70. The number of rotatable bonds is 8. The maximum Gasteiger partial charge on any atom is 0.317 e. The second-order valence-electron chi connectivity index (χ2n) is 7.58. The number of ether oxygens (including phenoxy) is 1. The molecule has 148 valence electrons. The van der Waals surface area contributed by atoms with Crippen LogP contribution in [0.1, 0.15) is 38.9 Å². The summed E-state index contributed by atoms with van der Waals surface area (Å²) in [6.45, 7) is 7.47. The van der Waals surface area contributed by atoms with E-state index in [-0.39, 0.29) is 6.03 Å². The van der Waals surface area contributed by atoms with Crippen molar-refractivity contribution in [2.75, 3.05) is 47.4 Å². The number of carbonyl (C=O) groups is 1. The first-order chi connectivity index (χ1) is 12.4. The molecule has 1 unspecified atom stereocenters. The molecule has 1 N–H and O–H groups in total. The Morgan fingerprint density at radius 2 is 2.19 bits per heavy atom. The zero-order valence-electron chi connectivity index (χ0n) is 16.7. The van der Waals surface area contributed by atoms with Crippen molar-refractivity contribution in [1.29, 1.82) is 0 Å². The predicted octanol–water partition coefficient (Wildman–Crippen LogP) is 0.928. The van der Waals surface area contributed by atoms with E-state index in [0.717, 1.165) is 31.6 Å². The lowest BCUT2D eigenvalue weighted by molar-refractivity contribution is 0.0444. The van der Waals surface area contributed by atoms with Crippen molar-refractivity contribution in [3.05, 3.63) is 5.82 Å². The monoisotopic (exact) mass is 367 g/mol. The fourth-order valence-corrected chi connectivity index (χ4v) is 3.40. The smallest absolute Gasteiger partial charge is 0.317 e. The molecule has 2 rings (SSSR count). The first-order valence-corrected chi connectivity index (χ1v) is 9.36. The van der Waals surface area contributed by atoms with E-state index in [1.54, 1.807) is 11.8 Å². The van der Waals surface area contributed by atoms with Gasteiger partial charge in [0.25, 0.3) is 0 Å². The van der Waals surface area contributed by atoms with Crippen molar-refractivity contribution < 1.29 is 9.53 Å². The third-order valence-electron chi connectivity index (χ3n) is 5.07. The number of tetrazole rings is 1. The molecule has 0 aromatic carbocycles. The van der Waals surface area contributed by atoms with Gasteiger partial charge in [-0.15, -0.1) is 5.10 Å². The van der Waals surface area contributed by atoms with Gasteiger partial charge in [0.2, 0.25) is 0 Å². The van der Waals surface area contributed by atoms with Crippen molar-refractivity contribution >= 4 is 6.03 Å². The molecule has 1 aromatic heterocycles. The second kappa shape index (κ2) is 9.27. The molecule has 0 spiro atoms. The molecule has 9 nitrogen and oxygen atoms in total. The molecule has 0 bridgehead atoms. The van der Waals surface area contributed by atoms with Gasteiger partial charge in [0, 0.05) is 26.7 Å². The first kappa shape index (κ1) is 20.6. The number of amides is 2. The Hall–Kier alpha value is -1.74. The van der Waals surface area contributed by atoms with Gasteiger partial charge in [-0.1, -0.05) is 13.8 Å². The van der Waals surface area contributed by atoms with E-state index in [1.807, 2.05) is 19.0 Å². The van der Waals surface area contributed by atoms with Crippen LogP contribution in [-0.4, -0.2) is 83.5 Å². The van der Waals surface area contributed by atoms with E-state index >= 15 is 0 Å². The number of hydrogen-bond acceptors (Lipinski definition) is 6. The Morgan fingerprint density at radius 3 is 2.85 bits per heavy atom. The molecule has 1 aliphatic rings. The Morgan fingerprint density at radius 1 is 1.42 bits per heavy atom. The number of carbonyl (C=O) groups excluding carboxylic acids is 1. The van der Waals surface area contributed by atoms with Crippen LogP contribution in [0.15, 0.2) is 0 Å². The summed E-state index contributed by atoms with van der Waals surface area (Å²) >= 11 is 0. The predicted molar refractivity (Wildman–Crippen MR) is 98.7 cm³/mol. The number of hydrogen-bond donors (Lipinski definition) is 1. The molecule has 1 saturated heterocycles. The average molecular weight is 367 g/mol. The van der Waals surface area contributed by atoms with Gasteiger partial charge < -0.3 is 15.0 Å². The zero-order chi connectivity index (χ0) is 19.2. The highest BCUT2D eigenvalue weighted by molar-refractivity contribution is 5.74. The molecule has 1 aromatic rings. The highest BCUT2D eigenvalue weighted by Gasteiger charge is 2.44. The number of piperidine rings is 1. The van der Waals surface area contributed by atoms with E-state index in [9.17, 15) is 4.79 Å². The largest absolute Gasteiger partial charge is 0.383 e. The van der Waals surface area contributed by atoms with E-state index < -0.39 is 5.54 Å². The van der Waals surface area contributed by atoms with Gasteiger partial charge in [0.15, 0.2) is 5.82 Å². The quantitative estimate of drug-likeness (QED) is 0.735. The van der Waals surface area contributed by atoms with Crippen molar-refractivity contribution in [2.45, 2.75) is 45.2 Å². The highest BCUT2D eigenvalue weighted by Crippen LogP contribution is 2.34. The summed E-state index contributed by atoms with van der Waals surface area (Å²) in [4.78, 5) is 16.7. The Labute approximate surface area is 156 Å². The lowest BCUT2D eigenvalue weighted by Crippen LogP contribution is -2.58. The Kier molecular flexibility index (Phi) is 7.33. The number of nitrogens with one attached hydrogen (secondary N) is 1. The normalized spacial score (nSPS) is 20.8. The van der Waals surface area contributed by atoms with Crippen LogP contribution in [0.2, 0.25) is 0 Å². The van der Waals surface area contributed by atoms with Gasteiger partial charge in [-0.3, -0.25) is 4.90 Å². The number of nitrogens with zero attached hydrogens (tertiary/aromatic N) is 6. The Bertz CT molecular complexity index is 575. The van der Waals surface area contributed by atoms with Crippen LogP contribution in [0.5, 0.6) is 0 Å². The molecule has 0 saturated carbocycles. The van der Waals surface area contributed by atoms with Crippen LogP contribution in [0, 0.1) is 5.92 Å². The van der Waals surface area contributed by atoms with Gasteiger partial charge >= 0.3 is 6.03 Å². The first-order valence-electron chi connectivity index (χ1n) is 9.36. The SMILES string of the molecule is COCCn1nnnc1C1(N(C)C)CCCN(C(=O)NCCC(C)C)C1. The van der Waals surface area contributed by atoms with Crippen LogP contribution in [0.3, 0.4) is 0 Å². The number of methoxy groups -OCH3 is 1. The van der Waals surface area contributed by atoms with Crippen LogP contribution >= 0.6 is 0 Å². The van der Waals surface area contributed by atoms with E-state index in [2.05, 4.69) is 39.6 Å². The molecular weight excluding hydrogens is 334 g/mol. The van der Waals surface area contributed by atoms with Gasteiger partial charge in [0.05, 0.1) is 13.2 Å². The third-order valence-corrected chi connectivity index (χ3v) is 5.07. The average Bonchev–Trinajstić information content (AvgIpc) is 3.08. The van der Waals surface area contributed by atoms with E-state index in [1.165, 1.54) is 0 Å². The van der Waals surface area contributed by atoms with Gasteiger partial charge in [-0.25, -0.2) is 9.48 Å². The summed E-state index contributed by atoms with van der Waals surface area (Å²) in [7, 11) is 5.71. The number of urea groups is 1. The van der Waals surface area contributed by atoms with E-state index in [0.29, 0.717) is 32.2 Å². The van der Waals surface area contributed by atoms with Crippen molar-refractivity contribution in [3.8, 4) is 0 Å². The maximum absolute atomic E-state index is 12.6.